The molecule has 24 heavy (non-hydrogen) atoms. The first-order valence-electron chi connectivity index (χ1n) is 7.64. The maximum absolute atomic E-state index is 12.7. The minimum absolute atomic E-state index is 0.165. The van der Waals surface area contributed by atoms with Crippen LogP contribution in [-0.2, 0) is 14.1 Å². The third-order valence-electron chi connectivity index (χ3n) is 4.02. The minimum Gasteiger partial charge on any atom is -0.496 e. The number of methoxy groups -OCH3 is 1. The van der Waals surface area contributed by atoms with Crippen molar-refractivity contribution in [3.8, 4) is 5.75 Å². The second kappa shape index (κ2) is 6.62. The van der Waals surface area contributed by atoms with E-state index in [1.54, 1.807) is 23.9 Å². The summed E-state index contributed by atoms with van der Waals surface area (Å²) in [5.41, 5.74) is 1.45. The Morgan fingerprint density at radius 2 is 1.92 bits per heavy atom. The lowest BCUT2D eigenvalue weighted by Crippen LogP contribution is -2.32. The molecule has 2 aromatic heterocycles. The molecule has 1 N–H and O–H groups in total. The Bertz CT molecular complexity index is 850. The summed E-state index contributed by atoms with van der Waals surface area (Å²) in [7, 11) is 5.36. The highest BCUT2D eigenvalue weighted by molar-refractivity contribution is 5.93. The molecule has 0 bridgehead atoms. The van der Waals surface area contributed by atoms with E-state index in [0.717, 1.165) is 11.4 Å². The van der Waals surface area contributed by atoms with Crippen LogP contribution in [0.4, 0.5) is 0 Å². The number of imidazole rings is 1. The van der Waals surface area contributed by atoms with Gasteiger partial charge in [0.2, 0.25) is 0 Å². The van der Waals surface area contributed by atoms with Crippen molar-refractivity contribution in [1.82, 2.24) is 19.4 Å². The zero-order valence-electron chi connectivity index (χ0n) is 13.9. The molecule has 6 heteroatoms. The SMILES string of the molecule is COc1ccccc1C(NC(=O)c1cccn1C)c1nccn1C. The Balaban J connectivity index is 2.02. The summed E-state index contributed by atoms with van der Waals surface area (Å²) in [6.07, 6.45) is 5.41. The fourth-order valence-electron chi connectivity index (χ4n) is 2.74. The zero-order valence-corrected chi connectivity index (χ0v) is 13.9. The van der Waals surface area contributed by atoms with Gasteiger partial charge in [-0.2, -0.15) is 0 Å². The molecule has 0 radical (unpaired) electrons. The van der Waals surface area contributed by atoms with E-state index in [0.29, 0.717) is 11.4 Å². The Hall–Kier alpha value is -3.02. The standard InChI is InChI=1S/C18H20N4O2/c1-21-11-6-8-14(21)18(23)20-16(17-19-10-12-22(17)2)13-7-4-5-9-15(13)24-3/h4-12,16H,1-3H3,(H,20,23). The normalized spacial score (nSPS) is 12.0. The van der Waals surface area contributed by atoms with Crippen molar-refractivity contribution in [1.29, 1.82) is 0 Å². The second-order valence-electron chi connectivity index (χ2n) is 5.55. The highest BCUT2D eigenvalue weighted by atomic mass is 16.5. The number of carbonyl (C=O) groups is 1. The van der Waals surface area contributed by atoms with Gasteiger partial charge in [0, 0.05) is 38.2 Å². The quantitative estimate of drug-likeness (QED) is 0.783. The van der Waals surface area contributed by atoms with Crippen LogP contribution in [0.1, 0.15) is 27.9 Å². The predicted octanol–water partition coefficient (Wildman–Crippen LogP) is 2.29. The molecule has 6 nitrogen and oxygen atoms in total. The van der Waals surface area contributed by atoms with Crippen LogP contribution in [0.5, 0.6) is 5.75 Å². The molecule has 1 unspecified atom stereocenters. The summed E-state index contributed by atoms with van der Waals surface area (Å²) in [6.45, 7) is 0. The smallest absolute Gasteiger partial charge is 0.268 e. The van der Waals surface area contributed by atoms with Gasteiger partial charge in [0.05, 0.1) is 7.11 Å². The molecule has 0 saturated carbocycles. The van der Waals surface area contributed by atoms with Gasteiger partial charge in [0.25, 0.3) is 5.91 Å². The van der Waals surface area contributed by atoms with Gasteiger partial charge in [-0.05, 0) is 18.2 Å². The number of nitrogens with one attached hydrogen (secondary N) is 1. The van der Waals surface area contributed by atoms with Crippen LogP contribution in [0.2, 0.25) is 0 Å². The molecule has 3 aromatic rings. The predicted molar refractivity (Wildman–Crippen MR) is 90.9 cm³/mol. The van der Waals surface area contributed by atoms with Crippen molar-refractivity contribution in [3.63, 3.8) is 0 Å². The van der Waals surface area contributed by atoms with E-state index in [9.17, 15) is 4.79 Å². The van der Waals surface area contributed by atoms with Crippen molar-refractivity contribution >= 4 is 5.91 Å². The molecule has 0 aliphatic heterocycles. The molecule has 0 aliphatic carbocycles. The van der Waals surface area contributed by atoms with E-state index in [1.807, 2.05) is 61.4 Å². The number of benzene rings is 1. The van der Waals surface area contributed by atoms with Crippen LogP contribution in [0.25, 0.3) is 0 Å². The molecule has 2 heterocycles. The first-order valence-corrected chi connectivity index (χ1v) is 7.64. The fourth-order valence-corrected chi connectivity index (χ4v) is 2.74. The van der Waals surface area contributed by atoms with Crippen molar-refractivity contribution in [2.24, 2.45) is 14.1 Å². The van der Waals surface area contributed by atoms with E-state index in [-0.39, 0.29) is 5.91 Å². The number of amides is 1. The summed E-state index contributed by atoms with van der Waals surface area (Å²) in [6, 6.07) is 10.8. The minimum atomic E-state index is -0.413. The highest BCUT2D eigenvalue weighted by Gasteiger charge is 2.24. The molecular formula is C18H20N4O2. The van der Waals surface area contributed by atoms with Gasteiger partial charge in [-0.3, -0.25) is 4.79 Å². The number of para-hydroxylation sites is 1. The van der Waals surface area contributed by atoms with Crippen LogP contribution < -0.4 is 10.1 Å². The maximum Gasteiger partial charge on any atom is 0.268 e. The highest BCUT2D eigenvalue weighted by Crippen LogP contribution is 2.29. The average Bonchev–Trinajstić information content (AvgIpc) is 3.21. The Morgan fingerprint density at radius 1 is 1.12 bits per heavy atom. The van der Waals surface area contributed by atoms with Crippen molar-refractivity contribution in [3.05, 3.63) is 72.1 Å². The molecule has 3 rings (SSSR count). The molecule has 1 amide bonds. The monoisotopic (exact) mass is 324 g/mol. The summed E-state index contributed by atoms with van der Waals surface area (Å²) in [5.74, 6) is 1.28. The summed E-state index contributed by atoms with van der Waals surface area (Å²) >= 11 is 0. The number of nitrogens with zero attached hydrogens (tertiary/aromatic N) is 3. The molecule has 124 valence electrons. The third-order valence-corrected chi connectivity index (χ3v) is 4.02. The van der Waals surface area contributed by atoms with E-state index >= 15 is 0 Å². The second-order valence-corrected chi connectivity index (χ2v) is 5.55. The lowest BCUT2D eigenvalue weighted by Gasteiger charge is -2.21. The number of aryl methyl sites for hydroxylation is 2. The van der Waals surface area contributed by atoms with Gasteiger partial charge in [-0.25, -0.2) is 4.98 Å². The number of carbonyl (C=O) groups excluding carboxylic acids is 1. The van der Waals surface area contributed by atoms with Crippen molar-refractivity contribution in [2.75, 3.05) is 7.11 Å². The van der Waals surface area contributed by atoms with Crippen LogP contribution in [0.15, 0.2) is 55.0 Å². The van der Waals surface area contributed by atoms with Crippen molar-refractivity contribution < 1.29 is 9.53 Å². The van der Waals surface area contributed by atoms with E-state index in [4.69, 9.17) is 4.74 Å². The first-order chi connectivity index (χ1) is 11.6. The molecule has 0 spiro atoms. The van der Waals surface area contributed by atoms with Gasteiger partial charge in [-0.15, -0.1) is 0 Å². The maximum atomic E-state index is 12.7. The molecule has 0 aliphatic rings. The van der Waals surface area contributed by atoms with E-state index in [1.165, 1.54) is 0 Å². The summed E-state index contributed by atoms with van der Waals surface area (Å²) in [4.78, 5) is 17.1. The Morgan fingerprint density at radius 3 is 2.54 bits per heavy atom. The third kappa shape index (κ3) is 2.90. The zero-order chi connectivity index (χ0) is 17.1. The topological polar surface area (TPSA) is 61.1 Å². The van der Waals surface area contributed by atoms with Crippen LogP contribution >= 0.6 is 0 Å². The molecular weight excluding hydrogens is 304 g/mol. The first kappa shape index (κ1) is 15.9. The van der Waals surface area contributed by atoms with Gasteiger partial charge >= 0.3 is 0 Å². The van der Waals surface area contributed by atoms with Gasteiger partial charge in [0.15, 0.2) is 0 Å². The number of ether oxygens (including phenoxy) is 1. The van der Waals surface area contributed by atoms with Crippen molar-refractivity contribution in [2.45, 2.75) is 6.04 Å². The van der Waals surface area contributed by atoms with Crippen LogP contribution in [-0.4, -0.2) is 27.1 Å². The number of rotatable bonds is 5. The number of aromatic nitrogens is 3. The van der Waals surface area contributed by atoms with E-state index < -0.39 is 6.04 Å². The summed E-state index contributed by atoms with van der Waals surface area (Å²) < 4.78 is 9.14. The average molecular weight is 324 g/mol. The molecule has 0 saturated heterocycles. The molecule has 1 atom stereocenters. The molecule has 0 fully saturated rings. The Kier molecular flexibility index (Phi) is 4.37. The van der Waals surface area contributed by atoms with Gasteiger partial charge < -0.3 is 19.2 Å². The lowest BCUT2D eigenvalue weighted by molar-refractivity contribution is 0.0932. The molecule has 1 aromatic carbocycles. The van der Waals surface area contributed by atoms with Crippen LogP contribution in [0.3, 0.4) is 0 Å². The van der Waals surface area contributed by atoms with E-state index in [2.05, 4.69) is 10.3 Å². The van der Waals surface area contributed by atoms with Crippen LogP contribution in [0, 0.1) is 0 Å². The van der Waals surface area contributed by atoms with Gasteiger partial charge in [-0.1, -0.05) is 18.2 Å². The fraction of sp³-hybridized carbons (Fsp3) is 0.222. The largest absolute Gasteiger partial charge is 0.496 e. The summed E-state index contributed by atoms with van der Waals surface area (Å²) in [5, 5.41) is 3.07. The number of hydrogen-bond donors (Lipinski definition) is 1. The lowest BCUT2D eigenvalue weighted by atomic mass is 10.0. The Labute approximate surface area is 140 Å². The number of hydrogen-bond acceptors (Lipinski definition) is 3. The van der Waals surface area contributed by atoms with Gasteiger partial charge in [0.1, 0.15) is 23.3 Å².